The van der Waals surface area contributed by atoms with Crippen LogP contribution in [0.25, 0.3) is 5.82 Å². The molecule has 0 aliphatic rings. The van der Waals surface area contributed by atoms with Crippen molar-refractivity contribution < 1.29 is 4.74 Å². The van der Waals surface area contributed by atoms with Gasteiger partial charge in [-0.2, -0.15) is 14.9 Å². The summed E-state index contributed by atoms with van der Waals surface area (Å²) < 4.78 is 7.00. The van der Waals surface area contributed by atoms with E-state index in [0.29, 0.717) is 17.2 Å². The number of aromatic nitrogens is 4. The second-order valence-corrected chi connectivity index (χ2v) is 4.64. The third-order valence-electron chi connectivity index (χ3n) is 2.46. The van der Waals surface area contributed by atoms with Crippen molar-refractivity contribution in [2.45, 2.75) is 32.9 Å². The molecule has 7 nitrogen and oxygen atoms in total. The van der Waals surface area contributed by atoms with Crippen molar-refractivity contribution >= 4 is 0 Å². The SMILES string of the molecule is CC(C)Oc1nc(C(C)N)n(-c2ccc(C#N)cn2)n1. The molecular weight excluding hydrogens is 256 g/mol. The molecule has 0 fully saturated rings. The van der Waals surface area contributed by atoms with Gasteiger partial charge in [0.05, 0.1) is 17.7 Å². The van der Waals surface area contributed by atoms with E-state index < -0.39 is 0 Å². The van der Waals surface area contributed by atoms with Crippen LogP contribution in [-0.4, -0.2) is 25.9 Å². The molecule has 0 saturated heterocycles. The van der Waals surface area contributed by atoms with E-state index in [1.807, 2.05) is 26.8 Å². The van der Waals surface area contributed by atoms with Crippen LogP contribution >= 0.6 is 0 Å². The summed E-state index contributed by atoms with van der Waals surface area (Å²) in [5.74, 6) is 1.10. The third kappa shape index (κ3) is 2.92. The van der Waals surface area contributed by atoms with Crippen LogP contribution in [0, 0.1) is 11.3 Å². The van der Waals surface area contributed by atoms with Crippen LogP contribution in [0.1, 0.15) is 38.2 Å². The third-order valence-corrected chi connectivity index (χ3v) is 2.46. The maximum atomic E-state index is 8.78. The van der Waals surface area contributed by atoms with Gasteiger partial charge in [-0.25, -0.2) is 4.98 Å². The van der Waals surface area contributed by atoms with Crippen LogP contribution in [0.2, 0.25) is 0 Å². The zero-order valence-electron chi connectivity index (χ0n) is 11.6. The molecule has 2 aromatic rings. The summed E-state index contributed by atoms with van der Waals surface area (Å²) in [5, 5.41) is 13.0. The molecule has 1 unspecified atom stereocenters. The van der Waals surface area contributed by atoms with Gasteiger partial charge in [0, 0.05) is 6.20 Å². The molecule has 0 bridgehead atoms. The van der Waals surface area contributed by atoms with Crippen LogP contribution in [0.5, 0.6) is 6.01 Å². The van der Waals surface area contributed by atoms with Crippen molar-refractivity contribution in [3.8, 4) is 17.9 Å². The number of ether oxygens (including phenoxy) is 1. The number of hydrogen-bond acceptors (Lipinski definition) is 6. The minimum Gasteiger partial charge on any atom is -0.460 e. The monoisotopic (exact) mass is 272 g/mol. The lowest BCUT2D eigenvalue weighted by Gasteiger charge is -2.06. The number of nitriles is 1. The van der Waals surface area contributed by atoms with E-state index in [1.54, 1.807) is 12.1 Å². The van der Waals surface area contributed by atoms with Crippen molar-refractivity contribution in [1.82, 2.24) is 19.7 Å². The second-order valence-electron chi connectivity index (χ2n) is 4.64. The maximum Gasteiger partial charge on any atom is 0.336 e. The topological polar surface area (TPSA) is 103 Å². The number of nitrogens with zero attached hydrogens (tertiary/aromatic N) is 5. The van der Waals surface area contributed by atoms with E-state index in [9.17, 15) is 0 Å². The fraction of sp³-hybridized carbons (Fsp3) is 0.385. The summed E-state index contributed by atoms with van der Waals surface area (Å²) in [6, 6.07) is 5.32. The minimum atomic E-state index is -0.315. The van der Waals surface area contributed by atoms with Crippen molar-refractivity contribution in [2.24, 2.45) is 5.73 Å². The first kappa shape index (κ1) is 14.0. The van der Waals surface area contributed by atoms with Crippen molar-refractivity contribution in [3.63, 3.8) is 0 Å². The Balaban J connectivity index is 2.42. The number of rotatable bonds is 4. The Kier molecular flexibility index (Phi) is 3.96. The lowest BCUT2D eigenvalue weighted by molar-refractivity contribution is 0.222. The van der Waals surface area contributed by atoms with E-state index in [2.05, 4.69) is 15.1 Å². The average Bonchev–Trinajstić information content (AvgIpc) is 2.82. The van der Waals surface area contributed by atoms with Crippen molar-refractivity contribution in [3.05, 3.63) is 29.7 Å². The van der Waals surface area contributed by atoms with E-state index >= 15 is 0 Å². The van der Waals surface area contributed by atoms with Gasteiger partial charge in [0.15, 0.2) is 11.6 Å². The van der Waals surface area contributed by atoms with Gasteiger partial charge in [0.1, 0.15) is 6.07 Å². The summed E-state index contributed by atoms with van der Waals surface area (Å²) >= 11 is 0. The van der Waals surface area contributed by atoms with Crippen molar-refractivity contribution in [1.29, 1.82) is 5.26 Å². The maximum absolute atomic E-state index is 8.78. The van der Waals surface area contributed by atoms with Gasteiger partial charge in [-0.3, -0.25) is 0 Å². The molecule has 0 amide bonds. The first-order valence-corrected chi connectivity index (χ1v) is 6.27. The average molecular weight is 272 g/mol. The Labute approximate surface area is 117 Å². The Hall–Kier alpha value is -2.46. The highest BCUT2D eigenvalue weighted by atomic mass is 16.5. The summed E-state index contributed by atoms with van der Waals surface area (Å²) in [4.78, 5) is 8.45. The Morgan fingerprint density at radius 2 is 2.10 bits per heavy atom. The highest BCUT2D eigenvalue weighted by Gasteiger charge is 2.17. The quantitative estimate of drug-likeness (QED) is 0.900. The molecule has 1 atom stereocenters. The van der Waals surface area contributed by atoms with Crippen LogP contribution in [0.4, 0.5) is 0 Å². The zero-order valence-corrected chi connectivity index (χ0v) is 11.6. The molecule has 0 spiro atoms. The van der Waals surface area contributed by atoms with Crippen LogP contribution in [0.3, 0.4) is 0 Å². The molecule has 2 N–H and O–H groups in total. The smallest absolute Gasteiger partial charge is 0.336 e. The zero-order chi connectivity index (χ0) is 14.7. The van der Waals surface area contributed by atoms with E-state index in [4.69, 9.17) is 15.7 Å². The molecule has 0 saturated carbocycles. The normalized spacial score (nSPS) is 12.2. The molecule has 2 rings (SSSR count). The highest BCUT2D eigenvalue weighted by molar-refractivity contribution is 5.32. The lowest BCUT2D eigenvalue weighted by Crippen LogP contribution is -2.14. The van der Waals surface area contributed by atoms with Crippen molar-refractivity contribution in [2.75, 3.05) is 0 Å². The largest absolute Gasteiger partial charge is 0.460 e. The summed E-state index contributed by atoms with van der Waals surface area (Å²) in [6.45, 7) is 5.60. The number of nitrogens with two attached hydrogens (primary N) is 1. The summed E-state index contributed by atoms with van der Waals surface area (Å²) in [6.07, 6.45) is 1.45. The molecule has 2 heterocycles. The number of pyridine rings is 1. The van der Waals surface area contributed by atoms with Gasteiger partial charge >= 0.3 is 6.01 Å². The van der Waals surface area contributed by atoms with Gasteiger partial charge in [-0.05, 0) is 32.9 Å². The fourth-order valence-electron chi connectivity index (χ4n) is 1.61. The van der Waals surface area contributed by atoms with E-state index in [-0.39, 0.29) is 18.2 Å². The van der Waals surface area contributed by atoms with E-state index in [1.165, 1.54) is 10.9 Å². The Morgan fingerprint density at radius 3 is 2.60 bits per heavy atom. The minimum absolute atomic E-state index is 0.0271. The fourth-order valence-corrected chi connectivity index (χ4v) is 1.61. The van der Waals surface area contributed by atoms with E-state index in [0.717, 1.165) is 0 Å². The predicted molar refractivity (Wildman–Crippen MR) is 72.2 cm³/mol. The molecule has 2 aromatic heterocycles. The Bertz CT molecular complexity index is 623. The molecule has 0 radical (unpaired) electrons. The van der Waals surface area contributed by atoms with Gasteiger partial charge in [-0.15, -0.1) is 5.10 Å². The van der Waals surface area contributed by atoms with Gasteiger partial charge < -0.3 is 10.5 Å². The van der Waals surface area contributed by atoms with Gasteiger partial charge in [0.2, 0.25) is 0 Å². The second kappa shape index (κ2) is 5.67. The molecule has 0 aromatic carbocycles. The molecule has 0 aliphatic heterocycles. The standard InChI is InChI=1S/C13H16N6O/c1-8(2)20-13-17-12(9(3)15)19(18-13)11-5-4-10(6-14)7-16-11/h4-5,7-9H,15H2,1-3H3. The summed E-state index contributed by atoms with van der Waals surface area (Å²) in [7, 11) is 0. The van der Waals surface area contributed by atoms with Crippen LogP contribution < -0.4 is 10.5 Å². The number of hydrogen-bond donors (Lipinski definition) is 1. The van der Waals surface area contributed by atoms with Gasteiger partial charge in [-0.1, -0.05) is 0 Å². The molecule has 104 valence electrons. The molecule has 0 aliphatic carbocycles. The first-order chi connectivity index (χ1) is 9.51. The first-order valence-electron chi connectivity index (χ1n) is 6.27. The van der Waals surface area contributed by atoms with Crippen LogP contribution in [-0.2, 0) is 0 Å². The summed E-state index contributed by atoms with van der Waals surface area (Å²) in [5.41, 5.74) is 6.37. The lowest BCUT2D eigenvalue weighted by atomic mass is 10.3. The predicted octanol–water partition coefficient (Wildman–Crippen LogP) is 1.34. The highest BCUT2D eigenvalue weighted by Crippen LogP contribution is 2.17. The molecular formula is C13H16N6O. The Morgan fingerprint density at radius 1 is 1.35 bits per heavy atom. The van der Waals surface area contributed by atoms with Crippen LogP contribution in [0.15, 0.2) is 18.3 Å². The molecule has 20 heavy (non-hydrogen) atoms. The molecule has 7 heteroatoms. The van der Waals surface area contributed by atoms with Gasteiger partial charge in [0.25, 0.3) is 0 Å².